The van der Waals surface area contributed by atoms with Crippen LogP contribution < -0.4 is 14.8 Å². The number of ether oxygens (including phenoxy) is 3. The zero-order valence-corrected chi connectivity index (χ0v) is 15.2. The summed E-state index contributed by atoms with van der Waals surface area (Å²) in [4.78, 5) is 27.9. The number of benzene rings is 1. The summed E-state index contributed by atoms with van der Waals surface area (Å²) in [7, 11) is 0. The van der Waals surface area contributed by atoms with Gasteiger partial charge in [-0.25, -0.2) is 9.78 Å². The summed E-state index contributed by atoms with van der Waals surface area (Å²) >= 11 is 5.74. The largest absolute Gasteiger partial charge is 0.486 e. The van der Waals surface area contributed by atoms with Crippen LogP contribution in [0.1, 0.15) is 12.5 Å². The van der Waals surface area contributed by atoms with E-state index in [1.807, 2.05) is 0 Å². The Labute approximate surface area is 160 Å². The van der Waals surface area contributed by atoms with E-state index in [1.54, 1.807) is 36.4 Å². The van der Waals surface area contributed by atoms with Gasteiger partial charge in [-0.05, 0) is 42.8 Å². The van der Waals surface area contributed by atoms with Gasteiger partial charge in [0.05, 0.1) is 5.02 Å². The van der Waals surface area contributed by atoms with Gasteiger partial charge in [0, 0.05) is 12.3 Å². The molecule has 0 aliphatic carbocycles. The van der Waals surface area contributed by atoms with Crippen molar-refractivity contribution >= 4 is 35.4 Å². The first-order valence-electron chi connectivity index (χ1n) is 8.22. The number of halogens is 1. The molecule has 0 saturated heterocycles. The fraction of sp³-hybridized carbons (Fsp3) is 0.211. The van der Waals surface area contributed by atoms with Crippen molar-refractivity contribution in [1.29, 1.82) is 0 Å². The van der Waals surface area contributed by atoms with E-state index in [1.165, 1.54) is 19.2 Å². The maximum absolute atomic E-state index is 12.1. The van der Waals surface area contributed by atoms with Crippen molar-refractivity contribution in [3.05, 3.63) is 53.2 Å². The summed E-state index contributed by atoms with van der Waals surface area (Å²) in [5, 5.41) is 3.00. The van der Waals surface area contributed by atoms with Crippen LogP contribution in [0.5, 0.6) is 11.5 Å². The molecular formula is C19H17ClN2O5. The first kappa shape index (κ1) is 18.7. The number of nitrogens with one attached hydrogen (secondary N) is 1. The highest BCUT2D eigenvalue weighted by Gasteiger charge is 2.17. The SMILES string of the molecule is C[C@@H](OC(=O)/C=C/c1ccc2c(c1)OCCO2)C(=O)Nc1ccc(Cl)cn1. The Hall–Kier alpha value is -3.06. The van der Waals surface area contributed by atoms with E-state index in [-0.39, 0.29) is 0 Å². The molecule has 1 aliphatic rings. The second-order valence-electron chi connectivity index (χ2n) is 5.67. The Morgan fingerprint density at radius 2 is 2.00 bits per heavy atom. The van der Waals surface area contributed by atoms with Gasteiger partial charge < -0.3 is 19.5 Å². The van der Waals surface area contributed by atoms with Crippen LogP contribution in [-0.4, -0.2) is 36.2 Å². The molecule has 0 radical (unpaired) electrons. The van der Waals surface area contributed by atoms with Crippen LogP contribution in [0.25, 0.3) is 6.08 Å². The molecule has 1 amide bonds. The Balaban J connectivity index is 1.54. The lowest BCUT2D eigenvalue weighted by Crippen LogP contribution is -2.29. The fourth-order valence-corrected chi connectivity index (χ4v) is 2.38. The van der Waals surface area contributed by atoms with E-state index in [0.29, 0.717) is 35.6 Å². The molecule has 140 valence electrons. The lowest BCUT2D eigenvalue weighted by Gasteiger charge is -2.18. The van der Waals surface area contributed by atoms with Gasteiger partial charge in [-0.15, -0.1) is 0 Å². The number of rotatable bonds is 5. The zero-order valence-electron chi connectivity index (χ0n) is 14.5. The van der Waals surface area contributed by atoms with E-state index in [9.17, 15) is 9.59 Å². The molecule has 8 heteroatoms. The standard InChI is InChI=1S/C19H17ClN2O5/c1-12(19(24)22-17-6-4-14(20)11-21-17)27-18(23)7-3-13-2-5-15-16(10-13)26-9-8-25-15/h2-7,10-12H,8-9H2,1H3,(H,21,22,24)/b7-3+/t12-/m1/s1. The van der Waals surface area contributed by atoms with Crippen molar-refractivity contribution in [3.63, 3.8) is 0 Å². The number of fused-ring (bicyclic) bond motifs is 1. The molecule has 1 aromatic carbocycles. The Bertz CT molecular complexity index is 867. The number of pyridine rings is 1. The van der Waals surface area contributed by atoms with Gasteiger partial charge in [0.15, 0.2) is 17.6 Å². The molecule has 7 nitrogen and oxygen atoms in total. The van der Waals surface area contributed by atoms with E-state index in [2.05, 4.69) is 10.3 Å². The summed E-state index contributed by atoms with van der Waals surface area (Å²) < 4.78 is 16.0. The maximum Gasteiger partial charge on any atom is 0.331 e. The second kappa shape index (κ2) is 8.55. The number of anilines is 1. The van der Waals surface area contributed by atoms with Crippen molar-refractivity contribution in [3.8, 4) is 11.5 Å². The van der Waals surface area contributed by atoms with Crippen molar-refractivity contribution in [2.24, 2.45) is 0 Å². The van der Waals surface area contributed by atoms with Gasteiger partial charge in [-0.3, -0.25) is 4.79 Å². The second-order valence-corrected chi connectivity index (χ2v) is 6.10. The minimum atomic E-state index is -0.986. The number of aromatic nitrogens is 1. The predicted molar refractivity (Wildman–Crippen MR) is 99.9 cm³/mol. The third-order valence-electron chi connectivity index (χ3n) is 3.62. The lowest BCUT2D eigenvalue weighted by atomic mass is 10.2. The van der Waals surface area contributed by atoms with Crippen molar-refractivity contribution < 1.29 is 23.8 Å². The summed E-state index contributed by atoms with van der Waals surface area (Å²) in [6.45, 7) is 2.47. The van der Waals surface area contributed by atoms with Crippen LogP contribution in [0.3, 0.4) is 0 Å². The molecule has 1 aliphatic heterocycles. The summed E-state index contributed by atoms with van der Waals surface area (Å²) in [5.74, 6) is 0.476. The molecule has 2 heterocycles. The highest BCUT2D eigenvalue weighted by atomic mass is 35.5. The van der Waals surface area contributed by atoms with Crippen LogP contribution >= 0.6 is 11.6 Å². The zero-order chi connectivity index (χ0) is 19.2. The normalized spacial score (nSPS) is 13.9. The fourth-order valence-electron chi connectivity index (χ4n) is 2.27. The number of hydrogen-bond donors (Lipinski definition) is 1. The molecule has 2 aromatic rings. The van der Waals surface area contributed by atoms with E-state index in [4.69, 9.17) is 25.8 Å². The van der Waals surface area contributed by atoms with Crippen molar-refractivity contribution in [2.75, 3.05) is 18.5 Å². The lowest BCUT2D eigenvalue weighted by molar-refractivity contribution is -0.148. The minimum Gasteiger partial charge on any atom is -0.486 e. The molecule has 3 rings (SSSR count). The van der Waals surface area contributed by atoms with Crippen molar-refractivity contribution in [2.45, 2.75) is 13.0 Å². The van der Waals surface area contributed by atoms with Gasteiger partial charge in [-0.2, -0.15) is 0 Å². The average molecular weight is 389 g/mol. The number of amides is 1. The van der Waals surface area contributed by atoms with Crippen LogP contribution in [0.4, 0.5) is 5.82 Å². The molecule has 0 fully saturated rings. The van der Waals surface area contributed by atoms with Crippen LogP contribution in [0.15, 0.2) is 42.6 Å². The number of carbonyl (C=O) groups is 2. The van der Waals surface area contributed by atoms with Gasteiger partial charge in [0.2, 0.25) is 0 Å². The number of hydrogen-bond acceptors (Lipinski definition) is 6. The quantitative estimate of drug-likeness (QED) is 0.625. The van der Waals surface area contributed by atoms with Gasteiger partial charge >= 0.3 is 5.97 Å². The third kappa shape index (κ3) is 5.21. The summed E-state index contributed by atoms with van der Waals surface area (Å²) in [6, 6.07) is 8.47. The van der Waals surface area contributed by atoms with Crippen LogP contribution in [-0.2, 0) is 14.3 Å². The first-order chi connectivity index (χ1) is 13.0. The Morgan fingerprint density at radius 1 is 1.22 bits per heavy atom. The topological polar surface area (TPSA) is 86.8 Å². The number of esters is 1. The number of carbonyl (C=O) groups excluding carboxylic acids is 2. The van der Waals surface area contributed by atoms with E-state index >= 15 is 0 Å². The predicted octanol–water partition coefficient (Wildman–Crippen LogP) is 3.09. The average Bonchev–Trinajstić information content (AvgIpc) is 2.68. The molecule has 0 unspecified atom stereocenters. The monoisotopic (exact) mass is 388 g/mol. The molecule has 0 spiro atoms. The molecule has 1 N–H and O–H groups in total. The van der Waals surface area contributed by atoms with Gasteiger partial charge in [0.25, 0.3) is 5.91 Å². The van der Waals surface area contributed by atoms with Crippen LogP contribution in [0.2, 0.25) is 5.02 Å². The molecule has 0 bridgehead atoms. The van der Waals surface area contributed by atoms with E-state index in [0.717, 1.165) is 5.56 Å². The van der Waals surface area contributed by atoms with E-state index < -0.39 is 18.0 Å². The minimum absolute atomic E-state index is 0.319. The molecule has 1 aromatic heterocycles. The smallest absolute Gasteiger partial charge is 0.331 e. The Morgan fingerprint density at radius 3 is 2.74 bits per heavy atom. The first-order valence-corrected chi connectivity index (χ1v) is 8.60. The Kier molecular flexibility index (Phi) is 5.93. The third-order valence-corrected chi connectivity index (χ3v) is 3.84. The van der Waals surface area contributed by atoms with Crippen molar-refractivity contribution in [1.82, 2.24) is 4.98 Å². The number of nitrogens with zero attached hydrogens (tertiary/aromatic N) is 1. The summed E-state index contributed by atoms with van der Waals surface area (Å²) in [6.07, 6.45) is 3.24. The van der Waals surface area contributed by atoms with Crippen LogP contribution in [0, 0.1) is 0 Å². The molecular weight excluding hydrogens is 372 g/mol. The van der Waals surface area contributed by atoms with Gasteiger partial charge in [0.1, 0.15) is 19.0 Å². The molecule has 0 saturated carbocycles. The maximum atomic E-state index is 12.1. The highest BCUT2D eigenvalue weighted by molar-refractivity contribution is 6.30. The highest BCUT2D eigenvalue weighted by Crippen LogP contribution is 2.31. The van der Waals surface area contributed by atoms with Gasteiger partial charge in [-0.1, -0.05) is 17.7 Å². The molecule has 1 atom stereocenters. The molecule has 27 heavy (non-hydrogen) atoms. The summed E-state index contributed by atoms with van der Waals surface area (Å²) in [5.41, 5.74) is 0.749.